The highest BCUT2D eigenvalue weighted by Crippen LogP contribution is 2.39. The molecule has 8 heteroatoms. The summed E-state index contributed by atoms with van der Waals surface area (Å²) < 4.78 is 18.2. The molecule has 0 atom stereocenters. The van der Waals surface area contributed by atoms with E-state index in [0.717, 1.165) is 27.0 Å². The number of benzene rings is 2. The van der Waals surface area contributed by atoms with Crippen LogP contribution in [0, 0.1) is 0 Å². The fourth-order valence-corrected chi connectivity index (χ4v) is 4.35. The summed E-state index contributed by atoms with van der Waals surface area (Å²) in [5, 5.41) is 3.48. The monoisotopic (exact) mass is 518 g/mol. The number of rotatable bonds is 10. The molecule has 0 saturated heterocycles. The van der Waals surface area contributed by atoms with Gasteiger partial charge in [-0.25, -0.2) is 4.98 Å². The summed E-state index contributed by atoms with van der Waals surface area (Å²) in [6.07, 6.45) is 0.824. The molecule has 0 spiro atoms. The van der Waals surface area contributed by atoms with Crippen LogP contribution >= 0.6 is 27.3 Å². The molecule has 1 N–H and O–H groups in total. The van der Waals surface area contributed by atoms with Gasteiger partial charge in [-0.1, -0.05) is 35.0 Å². The highest BCUT2D eigenvalue weighted by molar-refractivity contribution is 9.10. The molecule has 1 heterocycles. The number of thiazole rings is 1. The van der Waals surface area contributed by atoms with E-state index in [0.29, 0.717) is 47.8 Å². The average molecular weight is 519 g/mol. The number of amides is 1. The van der Waals surface area contributed by atoms with Crippen LogP contribution < -0.4 is 19.5 Å². The van der Waals surface area contributed by atoms with Gasteiger partial charge in [0.1, 0.15) is 0 Å². The molecular weight excluding hydrogens is 492 g/mol. The number of ether oxygens (including phenoxy) is 3. The van der Waals surface area contributed by atoms with E-state index in [9.17, 15) is 4.79 Å². The zero-order chi connectivity index (χ0) is 23.1. The van der Waals surface area contributed by atoms with Crippen molar-refractivity contribution >= 4 is 38.3 Å². The minimum absolute atomic E-state index is 0.284. The maximum absolute atomic E-state index is 13.1. The second kappa shape index (κ2) is 11.3. The van der Waals surface area contributed by atoms with Crippen LogP contribution in [0.2, 0.25) is 0 Å². The number of nitrogens with one attached hydrogen (secondary N) is 1. The van der Waals surface area contributed by atoms with Crippen molar-refractivity contribution in [1.29, 1.82) is 0 Å². The number of hydrogen-bond donors (Lipinski definition) is 1. The topological polar surface area (TPSA) is 69.7 Å². The molecule has 3 rings (SSSR count). The lowest BCUT2D eigenvalue weighted by Crippen LogP contribution is -2.13. The zero-order valence-corrected chi connectivity index (χ0v) is 21.1. The van der Waals surface area contributed by atoms with Crippen LogP contribution in [0.5, 0.6) is 17.2 Å². The lowest BCUT2D eigenvalue weighted by Gasteiger charge is -2.16. The third-order valence-electron chi connectivity index (χ3n) is 4.53. The minimum Gasteiger partial charge on any atom is -0.490 e. The predicted octanol–water partition coefficient (Wildman–Crippen LogP) is 6.58. The molecule has 6 nitrogen and oxygen atoms in total. The van der Waals surface area contributed by atoms with Crippen LogP contribution in [0.15, 0.2) is 40.9 Å². The van der Waals surface area contributed by atoms with E-state index >= 15 is 0 Å². The standard InChI is InChI=1S/C24H27BrN2O4S/c1-5-20-21(15-9-11-17(25)12-10-15)26-24(32-20)27-23(28)16-13-18(29-6-2)22(31-8-4)19(14-16)30-7-3/h9-14H,5-8H2,1-4H3,(H,26,27,28). The first-order chi connectivity index (χ1) is 15.5. The number of carbonyl (C=O) groups excluding carboxylic acids is 1. The number of anilines is 1. The Morgan fingerprint density at radius 3 is 2.09 bits per heavy atom. The molecule has 0 fully saturated rings. The molecule has 0 aliphatic heterocycles. The van der Waals surface area contributed by atoms with E-state index in [1.165, 1.54) is 11.3 Å². The molecule has 3 aromatic rings. The van der Waals surface area contributed by atoms with Gasteiger partial charge in [0.25, 0.3) is 5.91 Å². The van der Waals surface area contributed by atoms with Gasteiger partial charge >= 0.3 is 0 Å². The Bertz CT molecular complexity index is 1040. The number of nitrogens with zero attached hydrogens (tertiary/aromatic N) is 1. The van der Waals surface area contributed by atoms with Crippen LogP contribution in [-0.4, -0.2) is 30.7 Å². The number of carbonyl (C=O) groups is 1. The van der Waals surface area contributed by atoms with E-state index in [2.05, 4.69) is 28.2 Å². The molecule has 170 valence electrons. The Kier molecular flexibility index (Phi) is 8.53. The molecular formula is C24H27BrN2O4S. The Labute approximate surface area is 201 Å². The Morgan fingerprint density at radius 2 is 1.56 bits per heavy atom. The third-order valence-corrected chi connectivity index (χ3v) is 6.17. The molecule has 0 aliphatic carbocycles. The Morgan fingerprint density at radius 1 is 0.969 bits per heavy atom. The second-order valence-corrected chi connectivity index (χ2v) is 8.71. The SMILES string of the molecule is CCOc1cc(C(=O)Nc2nc(-c3ccc(Br)cc3)c(CC)s2)cc(OCC)c1OCC. The van der Waals surface area contributed by atoms with Crippen molar-refractivity contribution in [1.82, 2.24) is 4.98 Å². The molecule has 0 radical (unpaired) electrons. The maximum Gasteiger partial charge on any atom is 0.257 e. The highest BCUT2D eigenvalue weighted by Gasteiger charge is 2.20. The normalized spacial score (nSPS) is 10.7. The van der Waals surface area contributed by atoms with Crippen molar-refractivity contribution in [2.24, 2.45) is 0 Å². The number of halogens is 1. The summed E-state index contributed by atoms with van der Waals surface area (Å²) in [7, 11) is 0. The average Bonchev–Trinajstić information content (AvgIpc) is 3.19. The van der Waals surface area contributed by atoms with Crippen molar-refractivity contribution in [3.8, 4) is 28.5 Å². The summed E-state index contributed by atoms with van der Waals surface area (Å²) in [6.45, 7) is 9.09. The fourth-order valence-electron chi connectivity index (χ4n) is 3.17. The number of aryl methyl sites for hydroxylation is 1. The smallest absolute Gasteiger partial charge is 0.257 e. The van der Waals surface area contributed by atoms with Crippen molar-refractivity contribution < 1.29 is 19.0 Å². The van der Waals surface area contributed by atoms with Gasteiger partial charge in [0.15, 0.2) is 16.6 Å². The first-order valence-corrected chi connectivity index (χ1v) is 12.2. The maximum atomic E-state index is 13.1. The van der Waals surface area contributed by atoms with Crippen LogP contribution in [0.4, 0.5) is 5.13 Å². The summed E-state index contributed by atoms with van der Waals surface area (Å²) >= 11 is 4.94. The molecule has 0 bridgehead atoms. The van der Waals surface area contributed by atoms with Gasteiger partial charge in [-0.05, 0) is 51.5 Å². The first-order valence-electron chi connectivity index (χ1n) is 10.6. The lowest BCUT2D eigenvalue weighted by atomic mass is 10.1. The summed E-state index contributed by atoms with van der Waals surface area (Å²) in [5.41, 5.74) is 2.32. The molecule has 1 amide bonds. The first kappa shape index (κ1) is 24.1. The molecule has 1 aromatic heterocycles. The van der Waals surface area contributed by atoms with Crippen molar-refractivity contribution in [2.45, 2.75) is 34.1 Å². The Hall–Kier alpha value is -2.58. The van der Waals surface area contributed by atoms with E-state index in [4.69, 9.17) is 19.2 Å². The predicted molar refractivity (Wildman–Crippen MR) is 133 cm³/mol. The molecule has 2 aromatic carbocycles. The van der Waals surface area contributed by atoms with Crippen molar-refractivity contribution in [3.63, 3.8) is 0 Å². The van der Waals surface area contributed by atoms with E-state index in [1.54, 1.807) is 12.1 Å². The van der Waals surface area contributed by atoms with Crippen LogP contribution in [0.25, 0.3) is 11.3 Å². The van der Waals surface area contributed by atoms with Gasteiger partial charge in [-0.2, -0.15) is 0 Å². The lowest BCUT2D eigenvalue weighted by molar-refractivity contribution is 0.102. The van der Waals surface area contributed by atoms with Gasteiger partial charge in [0, 0.05) is 20.5 Å². The largest absolute Gasteiger partial charge is 0.490 e. The summed E-state index contributed by atoms with van der Waals surface area (Å²) in [5.74, 6) is 1.19. The van der Waals surface area contributed by atoms with Crippen molar-refractivity contribution in [3.05, 3.63) is 51.3 Å². The summed E-state index contributed by atoms with van der Waals surface area (Å²) in [6, 6.07) is 11.3. The third kappa shape index (κ3) is 5.61. The van der Waals surface area contributed by atoms with E-state index in [-0.39, 0.29) is 5.91 Å². The van der Waals surface area contributed by atoms with Gasteiger partial charge < -0.3 is 14.2 Å². The molecule has 0 unspecified atom stereocenters. The van der Waals surface area contributed by atoms with Crippen LogP contribution in [0.1, 0.15) is 42.9 Å². The number of hydrogen-bond acceptors (Lipinski definition) is 6. The fraction of sp³-hybridized carbons (Fsp3) is 0.333. The molecule has 32 heavy (non-hydrogen) atoms. The zero-order valence-electron chi connectivity index (χ0n) is 18.7. The molecule has 0 aliphatic rings. The molecule has 0 saturated carbocycles. The van der Waals surface area contributed by atoms with Crippen LogP contribution in [0.3, 0.4) is 0 Å². The minimum atomic E-state index is -0.284. The van der Waals surface area contributed by atoms with Crippen molar-refractivity contribution in [2.75, 3.05) is 25.1 Å². The summed E-state index contributed by atoms with van der Waals surface area (Å²) in [4.78, 5) is 18.9. The van der Waals surface area contributed by atoms with Crippen LogP contribution in [-0.2, 0) is 6.42 Å². The quantitative estimate of drug-likeness (QED) is 0.328. The van der Waals surface area contributed by atoms with Gasteiger partial charge in [0.05, 0.1) is 25.5 Å². The second-order valence-electron chi connectivity index (χ2n) is 6.71. The van der Waals surface area contributed by atoms with E-state index in [1.807, 2.05) is 45.0 Å². The van der Waals surface area contributed by atoms with Gasteiger partial charge in [-0.3, -0.25) is 10.1 Å². The van der Waals surface area contributed by atoms with Gasteiger partial charge in [0.2, 0.25) is 5.75 Å². The number of aromatic nitrogens is 1. The Balaban J connectivity index is 1.92. The highest BCUT2D eigenvalue weighted by atomic mass is 79.9. The van der Waals surface area contributed by atoms with E-state index < -0.39 is 0 Å². The van der Waals surface area contributed by atoms with Gasteiger partial charge in [-0.15, -0.1) is 11.3 Å².